The standard InChI is InChI=1S/C11H10BrClN2O2S/c12-7-1-2-9(8(13)5-7)14-10(16)6-15-3-4-18-11(15)17/h1-2,5H,3-4,6H2,(H,14,16). The molecule has 0 bridgehead atoms. The van der Waals surface area contributed by atoms with Crippen molar-refractivity contribution in [3.05, 3.63) is 27.7 Å². The van der Waals surface area contributed by atoms with Crippen molar-refractivity contribution in [1.82, 2.24) is 4.90 Å². The van der Waals surface area contributed by atoms with Crippen molar-refractivity contribution in [2.75, 3.05) is 24.2 Å². The molecule has 7 heteroatoms. The van der Waals surface area contributed by atoms with Crippen molar-refractivity contribution < 1.29 is 9.59 Å². The number of halogens is 2. The zero-order chi connectivity index (χ0) is 13.1. The predicted octanol–water partition coefficient (Wildman–Crippen LogP) is 3.21. The molecule has 1 N–H and O–H groups in total. The minimum atomic E-state index is -0.241. The fourth-order valence-corrected chi connectivity index (χ4v) is 3.07. The fourth-order valence-electron chi connectivity index (χ4n) is 1.52. The van der Waals surface area contributed by atoms with Gasteiger partial charge >= 0.3 is 0 Å². The topological polar surface area (TPSA) is 49.4 Å². The van der Waals surface area contributed by atoms with E-state index in [9.17, 15) is 9.59 Å². The van der Waals surface area contributed by atoms with E-state index in [-0.39, 0.29) is 17.7 Å². The lowest BCUT2D eigenvalue weighted by Crippen LogP contribution is -2.33. The maximum atomic E-state index is 11.8. The van der Waals surface area contributed by atoms with Gasteiger partial charge in [0.05, 0.1) is 10.7 Å². The summed E-state index contributed by atoms with van der Waals surface area (Å²) in [6, 6.07) is 5.21. The van der Waals surface area contributed by atoms with Gasteiger partial charge in [0.25, 0.3) is 5.24 Å². The summed E-state index contributed by atoms with van der Waals surface area (Å²) < 4.78 is 0.844. The lowest BCUT2D eigenvalue weighted by molar-refractivity contribution is -0.116. The molecular weight excluding hydrogens is 340 g/mol. The molecule has 4 nitrogen and oxygen atoms in total. The Morgan fingerprint density at radius 1 is 1.56 bits per heavy atom. The SMILES string of the molecule is O=C(CN1CCSC1=O)Nc1ccc(Br)cc1Cl. The molecule has 2 amide bonds. The summed E-state index contributed by atoms with van der Waals surface area (Å²) >= 11 is 10.5. The minimum absolute atomic E-state index is 0.0490. The summed E-state index contributed by atoms with van der Waals surface area (Å²) in [6.45, 7) is 0.684. The number of amides is 2. The summed E-state index contributed by atoms with van der Waals surface area (Å²) in [5.74, 6) is 0.501. The fraction of sp³-hybridized carbons (Fsp3) is 0.273. The molecule has 0 saturated carbocycles. The van der Waals surface area contributed by atoms with Crippen LogP contribution in [-0.4, -0.2) is 34.9 Å². The van der Waals surface area contributed by atoms with Gasteiger partial charge in [-0.1, -0.05) is 39.3 Å². The van der Waals surface area contributed by atoms with Crippen molar-refractivity contribution in [2.45, 2.75) is 0 Å². The third kappa shape index (κ3) is 3.40. The lowest BCUT2D eigenvalue weighted by Gasteiger charge is -2.14. The third-order valence-corrected chi connectivity index (χ3v) is 4.08. The minimum Gasteiger partial charge on any atom is -0.323 e. The number of benzene rings is 1. The maximum absolute atomic E-state index is 11.8. The second kappa shape index (κ2) is 5.95. The molecule has 0 radical (unpaired) electrons. The molecule has 0 aromatic heterocycles. The van der Waals surface area contributed by atoms with Crippen LogP contribution in [0, 0.1) is 0 Å². The number of anilines is 1. The molecule has 1 heterocycles. The average Bonchev–Trinajstić information content (AvgIpc) is 2.69. The Hall–Kier alpha value is -0.720. The lowest BCUT2D eigenvalue weighted by atomic mass is 10.3. The monoisotopic (exact) mass is 348 g/mol. The molecule has 1 fully saturated rings. The van der Waals surface area contributed by atoms with Crippen LogP contribution < -0.4 is 5.32 Å². The molecule has 1 aliphatic rings. The van der Waals surface area contributed by atoms with Gasteiger partial charge in [0, 0.05) is 16.8 Å². The first kappa shape index (κ1) is 13.7. The first-order valence-electron chi connectivity index (χ1n) is 5.23. The highest BCUT2D eigenvalue weighted by Crippen LogP contribution is 2.25. The molecule has 0 spiro atoms. The van der Waals surface area contributed by atoms with Gasteiger partial charge in [-0.2, -0.15) is 0 Å². The summed E-state index contributed by atoms with van der Waals surface area (Å²) in [6.07, 6.45) is 0. The number of hydrogen-bond donors (Lipinski definition) is 1. The first-order chi connectivity index (χ1) is 8.56. The Balaban J connectivity index is 1.96. The zero-order valence-electron chi connectivity index (χ0n) is 9.28. The van der Waals surface area contributed by atoms with E-state index < -0.39 is 0 Å². The molecule has 2 rings (SSSR count). The Morgan fingerprint density at radius 2 is 2.33 bits per heavy atom. The molecule has 96 valence electrons. The van der Waals surface area contributed by atoms with E-state index in [1.165, 1.54) is 16.7 Å². The molecule has 0 unspecified atom stereocenters. The van der Waals surface area contributed by atoms with Gasteiger partial charge in [-0.25, -0.2) is 0 Å². The highest BCUT2D eigenvalue weighted by molar-refractivity contribution is 9.10. The van der Waals surface area contributed by atoms with Gasteiger partial charge in [0.15, 0.2) is 0 Å². The van der Waals surface area contributed by atoms with E-state index in [1.807, 2.05) is 0 Å². The molecule has 18 heavy (non-hydrogen) atoms. The highest BCUT2D eigenvalue weighted by atomic mass is 79.9. The van der Waals surface area contributed by atoms with Crippen LogP contribution in [0.1, 0.15) is 0 Å². The number of rotatable bonds is 3. The van der Waals surface area contributed by atoms with Crippen molar-refractivity contribution in [3.8, 4) is 0 Å². The van der Waals surface area contributed by atoms with E-state index in [4.69, 9.17) is 11.6 Å². The molecule has 0 atom stereocenters. The van der Waals surface area contributed by atoms with Gasteiger partial charge in [0.2, 0.25) is 5.91 Å². The first-order valence-corrected chi connectivity index (χ1v) is 7.38. The smallest absolute Gasteiger partial charge is 0.282 e. The molecule has 1 aromatic rings. The number of hydrogen-bond acceptors (Lipinski definition) is 3. The largest absolute Gasteiger partial charge is 0.323 e. The van der Waals surface area contributed by atoms with E-state index in [0.717, 1.165) is 10.2 Å². The third-order valence-electron chi connectivity index (χ3n) is 2.38. The number of carbonyl (C=O) groups is 2. The van der Waals surface area contributed by atoms with Gasteiger partial charge in [-0.3, -0.25) is 9.59 Å². The van der Waals surface area contributed by atoms with Crippen LogP contribution in [0.3, 0.4) is 0 Å². The Kier molecular flexibility index (Phi) is 4.53. The van der Waals surface area contributed by atoms with Crippen molar-refractivity contribution >= 4 is 56.1 Å². The Labute approximate surface area is 122 Å². The average molecular weight is 350 g/mol. The van der Waals surface area contributed by atoms with E-state index in [2.05, 4.69) is 21.2 Å². The van der Waals surface area contributed by atoms with Crippen LogP contribution in [0.15, 0.2) is 22.7 Å². The number of nitrogens with one attached hydrogen (secondary N) is 1. The normalized spacial score (nSPS) is 15.0. The van der Waals surface area contributed by atoms with Gasteiger partial charge in [0.1, 0.15) is 6.54 Å². The van der Waals surface area contributed by atoms with E-state index >= 15 is 0 Å². The molecule has 1 saturated heterocycles. The second-order valence-electron chi connectivity index (χ2n) is 3.71. The summed E-state index contributed by atoms with van der Waals surface area (Å²) in [5, 5.41) is 3.10. The highest BCUT2D eigenvalue weighted by Gasteiger charge is 2.23. The Morgan fingerprint density at radius 3 is 2.94 bits per heavy atom. The van der Waals surface area contributed by atoms with Crippen LogP contribution in [0.4, 0.5) is 10.5 Å². The summed E-state index contributed by atoms with van der Waals surface area (Å²) in [5.41, 5.74) is 0.546. The summed E-state index contributed by atoms with van der Waals surface area (Å²) in [7, 11) is 0. The molecular formula is C11H10BrClN2O2S. The van der Waals surface area contributed by atoms with Gasteiger partial charge < -0.3 is 10.2 Å². The van der Waals surface area contributed by atoms with Crippen molar-refractivity contribution in [1.29, 1.82) is 0 Å². The van der Waals surface area contributed by atoms with Crippen LogP contribution in [0.5, 0.6) is 0 Å². The number of nitrogens with zero attached hydrogens (tertiary/aromatic N) is 1. The van der Waals surface area contributed by atoms with Crippen LogP contribution in [-0.2, 0) is 4.79 Å². The zero-order valence-corrected chi connectivity index (χ0v) is 12.4. The maximum Gasteiger partial charge on any atom is 0.282 e. The molecule has 1 aromatic carbocycles. The molecule has 1 aliphatic heterocycles. The second-order valence-corrected chi connectivity index (χ2v) is 6.08. The van der Waals surface area contributed by atoms with Gasteiger partial charge in [-0.05, 0) is 18.2 Å². The quantitative estimate of drug-likeness (QED) is 0.911. The Bertz CT molecular complexity index is 498. The van der Waals surface area contributed by atoms with Crippen molar-refractivity contribution in [3.63, 3.8) is 0 Å². The van der Waals surface area contributed by atoms with Gasteiger partial charge in [-0.15, -0.1) is 0 Å². The van der Waals surface area contributed by atoms with Crippen molar-refractivity contribution in [2.24, 2.45) is 0 Å². The van der Waals surface area contributed by atoms with Crippen LogP contribution in [0.2, 0.25) is 5.02 Å². The van der Waals surface area contributed by atoms with Crippen LogP contribution in [0.25, 0.3) is 0 Å². The number of thioether (sulfide) groups is 1. The van der Waals surface area contributed by atoms with E-state index in [0.29, 0.717) is 17.3 Å². The predicted molar refractivity (Wildman–Crippen MR) is 77.2 cm³/mol. The summed E-state index contributed by atoms with van der Waals surface area (Å²) in [4.78, 5) is 24.6. The van der Waals surface area contributed by atoms with E-state index in [1.54, 1.807) is 18.2 Å². The van der Waals surface area contributed by atoms with Crippen LogP contribution >= 0.6 is 39.3 Å². The molecule has 0 aliphatic carbocycles. The number of carbonyl (C=O) groups excluding carboxylic acids is 2.